The number of nitrogens with zero attached hydrogens (tertiary/aromatic N) is 1. The van der Waals surface area contributed by atoms with E-state index >= 15 is 0 Å². The molecule has 2 aromatic rings. The van der Waals surface area contributed by atoms with E-state index in [0.717, 1.165) is 5.69 Å². The van der Waals surface area contributed by atoms with Gasteiger partial charge in [0.25, 0.3) is 10.0 Å². The minimum Gasteiger partial charge on any atom is -0.495 e. The van der Waals surface area contributed by atoms with Crippen molar-refractivity contribution in [1.29, 1.82) is 0 Å². The fraction of sp³-hybridized carbons (Fsp3) is 0.250. The van der Waals surface area contributed by atoms with Gasteiger partial charge in [0.15, 0.2) is 5.13 Å². The van der Waals surface area contributed by atoms with Crippen molar-refractivity contribution in [3.63, 3.8) is 0 Å². The lowest BCUT2D eigenvalue weighted by molar-refractivity contribution is 0.387. The van der Waals surface area contributed by atoms with Crippen LogP contribution in [0.3, 0.4) is 0 Å². The fourth-order valence-corrected chi connectivity index (χ4v) is 3.80. The molecule has 1 aromatic carbocycles. The molecule has 21 heavy (non-hydrogen) atoms. The number of benzene rings is 1. The molecule has 0 fully saturated rings. The van der Waals surface area contributed by atoms with Crippen LogP contribution in [-0.2, 0) is 10.0 Å². The Hall–Kier alpha value is -2.00. The van der Waals surface area contributed by atoms with E-state index in [1.165, 1.54) is 37.7 Å². The lowest BCUT2D eigenvalue weighted by Gasteiger charge is -2.13. The smallest absolute Gasteiger partial charge is 0.267 e. The summed E-state index contributed by atoms with van der Waals surface area (Å²) in [4.78, 5) is 3.99. The molecule has 0 saturated heterocycles. The number of aromatic nitrogens is 1. The zero-order chi connectivity index (χ0) is 15.6. The van der Waals surface area contributed by atoms with Crippen LogP contribution in [-0.4, -0.2) is 27.6 Å². The average molecular weight is 329 g/mol. The molecule has 0 aliphatic carbocycles. The minimum absolute atomic E-state index is 0.0730. The topological polar surface area (TPSA) is 104 Å². The number of aryl methyl sites for hydroxylation is 1. The van der Waals surface area contributed by atoms with E-state index < -0.39 is 10.0 Å². The van der Waals surface area contributed by atoms with Crippen LogP contribution >= 0.6 is 11.3 Å². The molecule has 0 unspecified atom stereocenters. The van der Waals surface area contributed by atoms with Crippen molar-refractivity contribution in [3.05, 3.63) is 23.2 Å². The van der Waals surface area contributed by atoms with Crippen molar-refractivity contribution < 1.29 is 17.9 Å². The van der Waals surface area contributed by atoms with Gasteiger partial charge in [-0.3, -0.25) is 4.72 Å². The lowest BCUT2D eigenvalue weighted by atomic mass is 10.3. The number of anilines is 2. The molecule has 9 heteroatoms. The van der Waals surface area contributed by atoms with Gasteiger partial charge >= 0.3 is 0 Å². The fourth-order valence-electron chi connectivity index (χ4n) is 1.67. The predicted octanol–water partition coefficient (Wildman–Crippen LogP) is 1.85. The van der Waals surface area contributed by atoms with Gasteiger partial charge in [0.05, 0.1) is 25.6 Å². The highest BCUT2D eigenvalue weighted by atomic mass is 32.2. The monoisotopic (exact) mass is 329 g/mol. The van der Waals surface area contributed by atoms with Crippen molar-refractivity contribution in [2.45, 2.75) is 11.8 Å². The third-order valence-electron chi connectivity index (χ3n) is 2.65. The van der Waals surface area contributed by atoms with Crippen LogP contribution in [0.1, 0.15) is 5.69 Å². The van der Waals surface area contributed by atoms with E-state index in [2.05, 4.69) is 9.71 Å². The number of hydrogen-bond donors (Lipinski definition) is 2. The molecule has 0 amide bonds. The SMILES string of the molecule is COc1cc(OC)c(S(=O)(=O)Nc2nc(C)cs2)cc1N. The summed E-state index contributed by atoms with van der Waals surface area (Å²) < 4.78 is 37.4. The summed E-state index contributed by atoms with van der Waals surface area (Å²) in [6, 6.07) is 2.72. The second kappa shape index (κ2) is 5.78. The normalized spacial score (nSPS) is 11.2. The second-order valence-corrected chi connectivity index (χ2v) is 6.65. The highest BCUT2D eigenvalue weighted by molar-refractivity contribution is 7.93. The van der Waals surface area contributed by atoms with Crippen LogP contribution in [0.4, 0.5) is 10.8 Å². The second-order valence-electron chi connectivity index (χ2n) is 4.14. The number of nitrogen functional groups attached to an aromatic ring is 1. The number of rotatable bonds is 5. The summed E-state index contributed by atoms with van der Waals surface area (Å²) in [5.74, 6) is 0.484. The standard InChI is InChI=1S/C12H15N3O4S2/c1-7-6-20-12(14-7)15-21(16,17)11-4-8(13)9(18-2)5-10(11)19-3/h4-6H,13H2,1-3H3,(H,14,15). The predicted molar refractivity (Wildman–Crippen MR) is 81.6 cm³/mol. The summed E-state index contributed by atoms with van der Waals surface area (Å²) in [7, 11) is -1.04. The summed E-state index contributed by atoms with van der Waals surface area (Å²) in [5, 5.41) is 2.03. The van der Waals surface area contributed by atoms with Gasteiger partial charge < -0.3 is 15.2 Å². The maximum absolute atomic E-state index is 12.4. The maximum atomic E-state index is 12.4. The molecule has 0 spiro atoms. The minimum atomic E-state index is -3.85. The van der Waals surface area contributed by atoms with Gasteiger partial charge in [0, 0.05) is 11.4 Å². The van der Waals surface area contributed by atoms with E-state index in [1.54, 1.807) is 12.3 Å². The van der Waals surface area contributed by atoms with E-state index in [0.29, 0.717) is 5.75 Å². The molecule has 1 heterocycles. The molecule has 0 radical (unpaired) electrons. The third kappa shape index (κ3) is 3.19. The van der Waals surface area contributed by atoms with Crippen molar-refractivity contribution in [2.75, 3.05) is 24.7 Å². The molecule has 0 atom stereocenters. The number of methoxy groups -OCH3 is 2. The Morgan fingerprint density at radius 2 is 1.90 bits per heavy atom. The first-order valence-corrected chi connectivity index (χ1v) is 8.20. The molecule has 0 saturated carbocycles. The number of thiazole rings is 1. The zero-order valence-electron chi connectivity index (χ0n) is 11.7. The quantitative estimate of drug-likeness (QED) is 0.811. The largest absolute Gasteiger partial charge is 0.495 e. The summed E-state index contributed by atoms with van der Waals surface area (Å²) >= 11 is 1.20. The van der Waals surface area contributed by atoms with Crippen molar-refractivity contribution in [3.8, 4) is 11.5 Å². The molecule has 0 aliphatic heterocycles. The van der Waals surface area contributed by atoms with E-state index in [1.807, 2.05) is 0 Å². The Morgan fingerprint density at radius 1 is 1.24 bits per heavy atom. The summed E-state index contributed by atoms with van der Waals surface area (Å²) in [5.41, 5.74) is 6.70. The summed E-state index contributed by atoms with van der Waals surface area (Å²) in [6.45, 7) is 1.78. The van der Waals surface area contributed by atoms with Gasteiger partial charge in [-0.15, -0.1) is 11.3 Å². The van der Waals surface area contributed by atoms with E-state index in [-0.39, 0.29) is 21.5 Å². The molecular formula is C12H15N3O4S2. The average Bonchev–Trinajstić information content (AvgIpc) is 2.83. The highest BCUT2D eigenvalue weighted by Gasteiger charge is 2.23. The molecule has 3 N–H and O–H groups in total. The highest BCUT2D eigenvalue weighted by Crippen LogP contribution is 2.34. The first kappa shape index (κ1) is 15.4. The Balaban J connectivity index is 2.46. The third-order valence-corrected chi connectivity index (χ3v) is 5.01. The van der Waals surface area contributed by atoms with Crippen molar-refractivity contribution in [1.82, 2.24) is 4.98 Å². The molecule has 1 aromatic heterocycles. The Labute approximate surface area is 126 Å². The van der Waals surface area contributed by atoms with Crippen LogP contribution in [0.15, 0.2) is 22.4 Å². The summed E-state index contributed by atoms with van der Waals surface area (Å²) in [6.07, 6.45) is 0. The van der Waals surface area contributed by atoms with Gasteiger partial charge in [0.1, 0.15) is 16.4 Å². The van der Waals surface area contributed by atoms with Crippen LogP contribution in [0, 0.1) is 6.92 Å². The molecule has 2 rings (SSSR count). The Bertz CT molecular complexity index is 756. The number of ether oxygens (including phenoxy) is 2. The first-order chi connectivity index (χ1) is 9.87. The van der Waals surface area contributed by atoms with Crippen molar-refractivity contribution >= 4 is 32.2 Å². The molecule has 0 bridgehead atoms. The molecule has 114 valence electrons. The van der Waals surface area contributed by atoms with Gasteiger partial charge in [-0.2, -0.15) is 0 Å². The van der Waals surface area contributed by atoms with Crippen LogP contribution in [0.2, 0.25) is 0 Å². The number of nitrogens with one attached hydrogen (secondary N) is 1. The zero-order valence-corrected chi connectivity index (χ0v) is 13.3. The van der Waals surface area contributed by atoms with Crippen LogP contribution in [0.25, 0.3) is 0 Å². The Kier molecular flexibility index (Phi) is 4.24. The molecule has 7 nitrogen and oxygen atoms in total. The van der Waals surface area contributed by atoms with E-state index in [9.17, 15) is 8.42 Å². The Morgan fingerprint density at radius 3 is 2.43 bits per heavy atom. The number of nitrogens with two attached hydrogens (primary N) is 1. The maximum Gasteiger partial charge on any atom is 0.267 e. The van der Waals surface area contributed by atoms with Gasteiger partial charge in [-0.05, 0) is 13.0 Å². The molecular weight excluding hydrogens is 314 g/mol. The van der Waals surface area contributed by atoms with Crippen LogP contribution in [0.5, 0.6) is 11.5 Å². The number of sulfonamides is 1. The van der Waals surface area contributed by atoms with Crippen LogP contribution < -0.4 is 19.9 Å². The van der Waals surface area contributed by atoms with Gasteiger partial charge in [-0.1, -0.05) is 0 Å². The first-order valence-electron chi connectivity index (χ1n) is 5.84. The van der Waals surface area contributed by atoms with Gasteiger partial charge in [-0.25, -0.2) is 13.4 Å². The van der Waals surface area contributed by atoms with Crippen molar-refractivity contribution in [2.24, 2.45) is 0 Å². The number of hydrogen-bond acceptors (Lipinski definition) is 7. The van der Waals surface area contributed by atoms with E-state index in [4.69, 9.17) is 15.2 Å². The molecule has 0 aliphatic rings. The van der Waals surface area contributed by atoms with Gasteiger partial charge in [0.2, 0.25) is 0 Å². The lowest BCUT2D eigenvalue weighted by Crippen LogP contribution is -2.14.